The Morgan fingerprint density at radius 3 is 2.56 bits per heavy atom. The molecule has 2 aromatic heterocycles. The summed E-state index contributed by atoms with van der Waals surface area (Å²) in [6.07, 6.45) is 0. The second-order valence-electron chi connectivity index (χ2n) is 6.26. The number of rotatable bonds is 9. The van der Waals surface area contributed by atoms with Crippen LogP contribution < -0.4 is 16.0 Å². The van der Waals surface area contributed by atoms with E-state index < -0.39 is 5.97 Å². The number of amides is 2. The molecule has 0 unspecified atom stereocenters. The van der Waals surface area contributed by atoms with Gasteiger partial charge in [0.05, 0.1) is 22.8 Å². The van der Waals surface area contributed by atoms with Crippen LogP contribution in [0.1, 0.15) is 32.5 Å². The molecule has 3 N–H and O–H groups in total. The fourth-order valence-electron chi connectivity index (χ4n) is 2.63. The third-order valence-corrected chi connectivity index (χ3v) is 7.25. The van der Waals surface area contributed by atoms with E-state index in [9.17, 15) is 14.4 Å². The fourth-order valence-corrected chi connectivity index (χ4v) is 5.36. The van der Waals surface area contributed by atoms with Crippen LogP contribution in [-0.2, 0) is 9.53 Å². The minimum absolute atomic E-state index is 0.0640. The van der Waals surface area contributed by atoms with Gasteiger partial charge in [0.2, 0.25) is 11.0 Å². The molecule has 3 aromatic rings. The largest absolute Gasteiger partial charge is 0.462 e. The number of benzene rings is 1. The number of anilines is 3. The number of hydrogen-bond donors (Lipinski definition) is 3. The van der Waals surface area contributed by atoms with Gasteiger partial charge >= 0.3 is 5.97 Å². The molecule has 0 fully saturated rings. The van der Waals surface area contributed by atoms with E-state index in [0.29, 0.717) is 19.9 Å². The summed E-state index contributed by atoms with van der Waals surface area (Å²) in [5.74, 6) is -1.19. The fraction of sp³-hybridized carbons (Fsp3) is 0.250. The molecule has 9 nitrogen and oxygen atoms in total. The van der Waals surface area contributed by atoms with Crippen LogP contribution in [-0.4, -0.2) is 47.4 Å². The Morgan fingerprint density at radius 2 is 1.88 bits per heavy atom. The monoisotopic (exact) mass is 491 g/mol. The summed E-state index contributed by atoms with van der Waals surface area (Å²) >= 11 is 3.60. The Morgan fingerprint density at radius 1 is 1.12 bits per heavy atom. The lowest BCUT2D eigenvalue weighted by atomic mass is 10.1. The molecular weight excluding hydrogens is 470 g/mol. The zero-order chi connectivity index (χ0) is 23.1. The molecule has 0 radical (unpaired) electrons. The van der Waals surface area contributed by atoms with Gasteiger partial charge < -0.3 is 20.7 Å². The number of carbonyl (C=O) groups is 3. The van der Waals surface area contributed by atoms with Gasteiger partial charge in [0.15, 0.2) is 4.34 Å². The SMILES string of the molecule is CCOC(=O)c1c(NC(=O)CSc2nnc(Nc3ccccc3)s2)sc(C(=O)NC)c1C. The highest BCUT2D eigenvalue weighted by Gasteiger charge is 2.26. The summed E-state index contributed by atoms with van der Waals surface area (Å²) in [5.41, 5.74) is 1.56. The maximum absolute atomic E-state index is 12.5. The van der Waals surface area contributed by atoms with E-state index in [1.54, 1.807) is 13.8 Å². The lowest BCUT2D eigenvalue weighted by Crippen LogP contribution is -2.18. The van der Waals surface area contributed by atoms with Crippen molar-refractivity contribution >= 4 is 68.0 Å². The zero-order valence-corrected chi connectivity index (χ0v) is 20.0. The van der Waals surface area contributed by atoms with Crippen molar-refractivity contribution in [1.29, 1.82) is 0 Å². The average Bonchev–Trinajstić information content (AvgIpc) is 3.36. The number of hydrogen-bond acceptors (Lipinski definition) is 10. The van der Waals surface area contributed by atoms with Crippen LogP contribution in [0.4, 0.5) is 15.8 Å². The first kappa shape index (κ1) is 23.7. The second kappa shape index (κ2) is 11.1. The molecule has 0 aliphatic carbocycles. The summed E-state index contributed by atoms with van der Waals surface area (Å²) < 4.78 is 5.72. The maximum atomic E-state index is 12.5. The molecule has 0 saturated heterocycles. The van der Waals surface area contributed by atoms with Gasteiger partial charge in [0.1, 0.15) is 5.00 Å². The standard InChI is InChI=1S/C20H21N5O4S3/c1-4-29-18(28)14-11(2)15(16(27)21-3)31-17(14)23-13(26)10-30-20-25-24-19(32-20)22-12-8-6-5-7-9-12/h5-9H,4,10H2,1-3H3,(H,21,27)(H,22,24)(H,23,26). The number of nitrogens with one attached hydrogen (secondary N) is 3. The minimum Gasteiger partial charge on any atom is -0.462 e. The first-order valence-electron chi connectivity index (χ1n) is 9.53. The van der Waals surface area contributed by atoms with Crippen molar-refractivity contribution in [3.05, 3.63) is 46.3 Å². The number of nitrogens with zero attached hydrogens (tertiary/aromatic N) is 2. The molecule has 2 heterocycles. The van der Waals surface area contributed by atoms with Crippen molar-refractivity contribution in [1.82, 2.24) is 15.5 Å². The lowest BCUT2D eigenvalue weighted by molar-refractivity contribution is -0.113. The predicted octanol–water partition coefficient (Wildman–Crippen LogP) is 3.92. The Balaban J connectivity index is 1.66. The van der Waals surface area contributed by atoms with Crippen molar-refractivity contribution in [3.8, 4) is 0 Å². The van der Waals surface area contributed by atoms with Gasteiger partial charge in [-0.3, -0.25) is 9.59 Å². The summed E-state index contributed by atoms with van der Waals surface area (Å²) in [7, 11) is 1.50. The second-order valence-corrected chi connectivity index (χ2v) is 9.48. The third-order valence-electron chi connectivity index (χ3n) is 4.07. The van der Waals surface area contributed by atoms with Crippen LogP contribution in [0.15, 0.2) is 34.7 Å². The van der Waals surface area contributed by atoms with Gasteiger partial charge in [-0.25, -0.2) is 4.79 Å². The lowest BCUT2D eigenvalue weighted by Gasteiger charge is -2.06. The van der Waals surface area contributed by atoms with Gasteiger partial charge in [0, 0.05) is 12.7 Å². The van der Waals surface area contributed by atoms with Gasteiger partial charge in [-0.15, -0.1) is 21.5 Å². The Bertz CT molecular complexity index is 1110. The third kappa shape index (κ3) is 5.84. The molecule has 12 heteroatoms. The van der Waals surface area contributed by atoms with Crippen LogP contribution in [0, 0.1) is 6.92 Å². The predicted molar refractivity (Wildman–Crippen MR) is 127 cm³/mol. The number of thiophene rings is 1. The number of aromatic nitrogens is 2. The van der Waals surface area contributed by atoms with E-state index in [4.69, 9.17) is 4.74 Å². The molecule has 0 aliphatic heterocycles. The Hall–Kier alpha value is -2.96. The minimum atomic E-state index is -0.583. The molecular formula is C20H21N5O4S3. The van der Waals surface area contributed by atoms with E-state index in [1.807, 2.05) is 30.3 Å². The van der Waals surface area contributed by atoms with E-state index >= 15 is 0 Å². The molecule has 0 bridgehead atoms. The first-order valence-corrected chi connectivity index (χ1v) is 12.2. The maximum Gasteiger partial charge on any atom is 0.341 e. The van der Waals surface area contributed by atoms with Crippen molar-refractivity contribution in [2.75, 3.05) is 30.0 Å². The molecule has 168 valence electrons. The van der Waals surface area contributed by atoms with Gasteiger partial charge in [-0.05, 0) is 31.5 Å². The molecule has 32 heavy (non-hydrogen) atoms. The first-order chi connectivity index (χ1) is 15.4. The van der Waals surface area contributed by atoms with E-state index in [-0.39, 0.29) is 34.7 Å². The highest BCUT2D eigenvalue weighted by atomic mass is 32.2. The van der Waals surface area contributed by atoms with Crippen LogP contribution in [0.5, 0.6) is 0 Å². The number of ether oxygens (including phenoxy) is 1. The number of esters is 1. The number of carbonyl (C=O) groups excluding carboxylic acids is 3. The van der Waals surface area contributed by atoms with Crippen LogP contribution in [0.2, 0.25) is 0 Å². The molecule has 0 atom stereocenters. The smallest absolute Gasteiger partial charge is 0.341 e. The molecule has 0 spiro atoms. The summed E-state index contributed by atoms with van der Waals surface area (Å²) in [6.45, 7) is 3.53. The highest BCUT2D eigenvalue weighted by Crippen LogP contribution is 2.34. The van der Waals surface area contributed by atoms with E-state index in [1.165, 1.54) is 30.1 Å². The van der Waals surface area contributed by atoms with Gasteiger partial charge in [-0.2, -0.15) is 0 Å². The van der Waals surface area contributed by atoms with E-state index in [0.717, 1.165) is 17.0 Å². The zero-order valence-electron chi connectivity index (χ0n) is 17.6. The Labute approximate surface area is 197 Å². The molecule has 2 amide bonds. The quantitative estimate of drug-likeness (QED) is 0.304. The van der Waals surface area contributed by atoms with Crippen molar-refractivity contribution < 1.29 is 19.1 Å². The normalized spacial score (nSPS) is 10.5. The van der Waals surface area contributed by atoms with Crippen molar-refractivity contribution in [3.63, 3.8) is 0 Å². The topological polar surface area (TPSA) is 122 Å². The number of para-hydroxylation sites is 1. The number of thioether (sulfide) groups is 1. The van der Waals surface area contributed by atoms with Crippen molar-refractivity contribution in [2.45, 2.75) is 18.2 Å². The molecule has 3 rings (SSSR count). The summed E-state index contributed by atoms with van der Waals surface area (Å²) in [4.78, 5) is 37.4. The van der Waals surface area contributed by atoms with Crippen LogP contribution in [0.25, 0.3) is 0 Å². The van der Waals surface area contributed by atoms with Crippen molar-refractivity contribution in [2.24, 2.45) is 0 Å². The summed E-state index contributed by atoms with van der Waals surface area (Å²) in [6, 6.07) is 9.58. The van der Waals surface area contributed by atoms with Crippen LogP contribution >= 0.6 is 34.4 Å². The van der Waals surface area contributed by atoms with Gasteiger partial charge in [-0.1, -0.05) is 41.3 Å². The van der Waals surface area contributed by atoms with Gasteiger partial charge in [0.25, 0.3) is 5.91 Å². The Kier molecular flexibility index (Phi) is 8.20. The van der Waals surface area contributed by atoms with Crippen LogP contribution in [0.3, 0.4) is 0 Å². The molecule has 0 saturated carbocycles. The molecule has 0 aliphatic rings. The van der Waals surface area contributed by atoms with E-state index in [2.05, 4.69) is 26.1 Å². The highest BCUT2D eigenvalue weighted by molar-refractivity contribution is 8.01. The molecule has 1 aromatic carbocycles. The summed E-state index contributed by atoms with van der Waals surface area (Å²) in [5, 5.41) is 17.5. The average molecular weight is 492 g/mol.